The van der Waals surface area contributed by atoms with Crippen LogP contribution < -0.4 is 5.73 Å². The predicted molar refractivity (Wildman–Crippen MR) is 71.5 cm³/mol. The summed E-state index contributed by atoms with van der Waals surface area (Å²) < 4.78 is 10.0. The monoisotopic (exact) mass is 303 g/mol. The molecule has 0 spiro atoms. The fourth-order valence-electron chi connectivity index (χ4n) is 0.979. The molecule has 1 aromatic heterocycles. The number of esters is 2. The van der Waals surface area contributed by atoms with Crippen LogP contribution in [-0.2, 0) is 19.1 Å². The zero-order valence-corrected chi connectivity index (χ0v) is 12.0. The largest absolute Gasteiger partial charge is 0.463 e. The van der Waals surface area contributed by atoms with Crippen LogP contribution in [0.3, 0.4) is 0 Å². The van der Waals surface area contributed by atoms with Gasteiger partial charge in [0.25, 0.3) is 0 Å². The topological polar surface area (TPSA) is 104 Å². The van der Waals surface area contributed by atoms with Gasteiger partial charge in [0, 0.05) is 6.08 Å². The lowest BCUT2D eigenvalue weighted by Gasteiger charge is -2.04. The predicted octanol–water partition coefficient (Wildman–Crippen LogP) is 1.22. The molecule has 0 aliphatic carbocycles. The van der Waals surface area contributed by atoms with Gasteiger partial charge in [-0.15, -0.1) is 10.2 Å². The van der Waals surface area contributed by atoms with E-state index in [1.54, 1.807) is 13.8 Å². The van der Waals surface area contributed by atoms with E-state index >= 15 is 0 Å². The van der Waals surface area contributed by atoms with Crippen molar-refractivity contribution in [1.29, 1.82) is 0 Å². The normalized spacial score (nSPS) is 11.2. The Morgan fingerprint density at radius 3 is 2.53 bits per heavy atom. The highest BCUT2D eigenvalue weighted by atomic mass is 32.2. The van der Waals surface area contributed by atoms with Gasteiger partial charge in [0.1, 0.15) is 4.91 Å². The molecule has 1 rings (SSSR count). The Balaban J connectivity index is 2.85. The van der Waals surface area contributed by atoms with Crippen molar-refractivity contribution in [2.45, 2.75) is 18.2 Å². The maximum atomic E-state index is 11.7. The van der Waals surface area contributed by atoms with E-state index in [4.69, 9.17) is 15.2 Å². The molecular weight excluding hydrogens is 290 g/mol. The van der Waals surface area contributed by atoms with Crippen molar-refractivity contribution in [2.75, 3.05) is 18.9 Å². The van der Waals surface area contributed by atoms with Gasteiger partial charge in [-0.1, -0.05) is 11.3 Å². The van der Waals surface area contributed by atoms with Gasteiger partial charge in [-0.2, -0.15) is 0 Å². The SMILES string of the molecule is CCOC(=O)/C=C(\Sc1nnc(N)s1)C(=O)OCC. The maximum Gasteiger partial charge on any atom is 0.345 e. The Hall–Kier alpha value is -1.61. The van der Waals surface area contributed by atoms with Crippen molar-refractivity contribution in [3.05, 3.63) is 11.0 Å². The van der Waals surface area contributed by atoms with Crippen molar-refractivity contribution < 1.29 is 19.1 Å². The molecule has 0 saturated heterocycles. The Morgan fingerprint density at radius 1 is 1.32 bits per heavy atom. The molecular formula is C10H13N3O4S2. The summed E-state index contributed by atoms with van der Waals surface area (Å²) in [7, 11) is 0. The molecule has 7 nitrogen and oxygen atoms in total. The summed E-state index contributed by atoms with van der Waals surface area (Å²) in [6, 6.07) is 0. The van der Waals surface area contributed by atoms with Crippen LogP contribution in [0.5, 0.6) is 0 Å². The molecule has 1 aromatic rings. The fraction of sp³-hybridized carbons (Fsp3) is 0.400. The smallest absolute Gasteiger partial charge is 0.345 e. The number of nitrogens with zero attached hydrogens (tertiary/aromatic N) is 2. The Bertz CT molecular complexity index is 487. The van der Waals surface area contributed by atoms with Gasteiger partial charge in [0.05, 0.1) is 13.2 Å². The Kier molecular flexibility index (Phi) is 6.30. The zero-order chi connectivity index (χ0) is 14.3. The highest BCUT2D eigenvalue weighted by Gasteiger charge is 2.17. The van der Waals surface area contributed by atoms with E-state index in [9.17, 15) is 9.59 Å². The number of carbonyl (C=O) groups excluding carboxylic acids is 2. The van der Waals surface area contributed by atoms with Crippen molar-refractivity contribution in [3.63, 3.8) is 0 Å². The molecule has 0 fully saturated rings. The quantitative estimate of drug-likeness (QED) is 0.475. The molecule has 9 heteroatoms. The third-order valence-electron chi connectivity index (χ3n) is 1.63. The third kappa shape index (κ3) is 5.26. The molecule has 0 radical (unpaired) electrons. The summed E-state index contributed by atoms with van der Waals surface area (Å²) in [4.78, 5) is 23.2. The average molecular weight is 303 g/mol. The lowest BCUT2D eigenvalue weighted by Crippen LogP contribution is -2.09. The van der Waals surface area contributed by atoms with E-state index in [0.717, 1.165) is 29.2 Å². The number of thioether (sulfide) groups is 1. The minimum Gasteiger partial charge on any atom is -0.463 e. The number of anilines is 1. The van der Waals surface area contributed by atoms with Crippen LogP contribution >= 0.6 is 23.1 Å². The van der Waals surface area contributed by atoms with E-state index in [2.05, 4.69) is 10.2 Å². The zero-order valence-electron chi connectivity index (χ0n) is 10.4. The minimum absolute atomic E-state index is 0.0800. The van der Waals surface area contributed by atoms with Gasteiger partial charge < -0.3 is 15.2 Å². The van der Waals surface area contributed by atoms with E-state index in [1.807, 2.05) is 0 Å². The Morgan fingerprint density at radius 2 is 2.00 bits per heavy atom. The van der Waals surface area contributed by atoms with Gasteiger partial charge in [-0.25, -0.2) is 9.59 Å². The van der Waals surface area contributed by atoms with Gasteiger partial charge in [-0.05, 0) is 25.6 Å². The highest BCUT2D eigenvalue weighted by molar-refractivity contribution is 8.05. The number of carbonyl (C=O) groups is 2. The minimum atomic E-state index is -0.616. The molecule has 0 aliphatic rings. The average Bonchev–Trinajstić information content (AvgIpc) is 2.74. The van der Waals surface area contributed by atoms with Gasteiger partial charge in [0.2, 0.25) is 5.13 Å². The first-order valence-electron chi connectivity index (χ1n) is 5.39. The molecule has 0 aliphatic heterocycles. The second-order valence-corrected chi connectivity index (χ2v) is 5.29. The molecule has 0 saturated carbocycles. The van der Waals surface area contributed by atoms with Crippen LogP contribution in [0.25, 0.3) is 0 Å². The van der Waals surface area contributed by atoms with Crippen molar-refractivity contribution in [1.82, 2.24) is 10.2 Å². The summed E-state index contributed by atoms with van der Waals surface area (Å²) in [5, 5.41) is 7.66. The summed E-state index contributed by atoms with van der Waals surface area (Å²) >= 11 is 2.07. The molecule has 0 unspecified atom stereocenters. The molecule has 1 heterocycles. The number of hydrogen-bond acceptors (Lipinski definition) is 9. The highest BCUT2D eigenvalue weighted by Crippen LogP contribution is 2.30. The first-order valence-corrected chi connectivity index (χ1v) is 7.02. The second kappa shape index (κ2) is 7.74. The second-order valence-electron chi connectivity index (χ2n) is 2.99. The van der Waals surface area contributed by atoms with Gasteiger partial charge in [-0.3, -0.25) is 0 Å². The molecule has 19 heavy (non-hydrogen) atoms. The van der Waals surface area contributed by atoms with Crippen LogP contribution in [0.2, 0.25) is 0 Å². The standard InChI is InChI=1S/C10H13N3O4S2/c1-3-16-7(14)5-6(8(15)17-4-2)18-10-13-12-9(11)19-10/h5H,3-4H2,1-2H3,(H2,11,12)/b6-5-. The van der Waals surface area contributed by atoms with Gasteiger partial charge in [0.15, 0.2) is 4.34 Å². The van der Waals surface area contributed by atoms with Gasteiger partial charge >= 0.3 is 11.9 Å². The first-order chi connectivity index (χ1) is 9.06. The Labute approximate surface area is 118 Å². The molecule has 0 atom stereocenters. The van der Waals surface area contributed by atoms with Crippen molar-refractivity contribution in [3.8, 4) is 0 Å². The number of rotatable bonds is 6. The number of ether oxygens (including phenoxy) is 2. The van der Waals surface area contributed by atoms with Crippen LogP contribution in [0, 0.1) is 0 Å². The number of hydrogen-bond donors (Lipinski definition) is 1. The van der Waals surface area contributed by atoms with Crippen molar-refractivity contribution >= 4 is 40.2 Å². The molecule has 0 amide bonds. The van der Waals surface area contributed by atoms with Crippen LogP contribution in [0.1, 0.15) is 13.8 Å². The maximum absolute atomic E-state index is 11.7. The van der Waals surface area contributed by atoms with Crippen LogP contribution in [0.15, 0.2) is 15.3 Å². The van der Waals surface area contributed by atoms with Crippen molar-refractivity contribution in [2.24, 2.45) is 0 Å². The van der Waals surface area contributed by atoms with E-state index < -0.39 is 11.9 Å². The lowest BCUT2D eigenvalue weighted by molar-refractivity contribution is -0.140. The summed E-state index contributed by atoms with van der Waals surface area (Å²) in [5.41, 5.74) is 5.44. The fourth-order valence-corrected chi connectivity index (χ4v) is 2.58. The summed E-state index contributed by atoms with van der Waals surface area (Å²) in [6.07, 6.45) is 1.07. The van der Waals surface area contributed by atoms with E-state index in [0.29, 0.717) is 4.34 Å². The van der Waals surface area contributed by atoms with E-state index in [-0.39, 0.29) is 23.3 Å². The number of nitrogen functional groups attached to an aromatic ring is 1. The molecule has 0 bridgehead atoms. The molecule has 2 N–H and O–H groups in total. The van der Waals surface area contributed by atoms with Crippen LogP contribution in [0.4, 0.5) is 5.13 Å². The third-order valence-corrected chi connectivity index (χ3v) is 3.44. The van der Waals surface area contributed by atoms with E-state index in [1.165, 1.54) is 0 Å². The first kappa shape index (κ1) is 15.4. The lowest BCUT2D eigenvalue weighted by atomic mass is 10.5. The summed E-state index contributed by atoms with van der Waals surface area (Å²) in [6.45, 7) is 3.78. The molecule has 0 aromatic carbocycles. The van der Waals surface area contributed by atoms with Crippen LogP contribution in [-0.4, -0.2) is 35.3 Å². The number of aromatic nitrogens is 2. The number of nitrogens with two attached hydrogens (primary N) is 1. The molecule has 104 valence electrons. The summed E-state index contributed by atoms with van der Waals surface area (Å²) in [5.74, 6) is -1.23.